The van der Waals surface area contributed by atoms with E-state index in [1.807, 2.05) is 0 Å². The fourth-order valence-corrected chi connectivity index (χ4v) is 11.9. The van der Waals surface area contributed by atoms with Crippen LogP contribution in [0.5, 0.6) is 0 Å². The van der Waals surface area contributed by atoms with Crippen molar-refractivity contribution in [3.8, 4) is 0 Å². The number of unbranched alkanes of at least 4 members (excludes halogenated alkanes) is 43. The molecule has 2 unspecified atom stereocenters. The van der Waals surface area contributed by atoms with E-state index in [4.69, 9.17) is 37.0 Å². The van der Waals surface area contributed by atoms with Crippen molar-refractivity contribution in [1.82, 2.24) is 0 Å². The van der Waals surface area contributed by atoms with Gasteiger partial charge in [-0.1, -0.05) is 304 Å². The molecular weight excluding hydrogens is 1150 g/mol. The predicted molar refractivity (Wildman–Crippen MR) is 349 cm³/mol. The summed E-state index contributed by atoms with van der Waals surface area (Å²) in [7, 11) is -9.88. The van der Waals surface area contributed by atoms with E-state index < -0.39 is 97.5 Å². The summed E-state index contributed by atoms with van der Waals surface area (Å²) >= 11 is 0. The topological polar surface area (TPSA) is 237 Å². The van der Waals surface area contributed by atoms with Crippen LogP contribution in [0.2, 0.25) is 0 Å². The molecule has 0 saturated carbocycles. The monoisotopic (exact) mass is 1280 g/mol. The smallest absolute Gasteiger partial charge is 0.462 e. The molecule has 0 aromatic rings. The Morgan fingerprint density at radius 3 is 0.678 bits per heavy atom. The number of aliphatic hydroxyl groups is 1. The Bertz CT molecular complexity index is 1670. The molecule has 0 heterocycles. The van der Waals surface area contributed by atoms with Crippen LogP contribution in [-0.4, -0.2) is 96.7 Å². The van der Waals surface area contributed by atoms with Gasteiger partial charge in [-0.2, -0.15) is 0 Å². The molecule has 0 aromatic carbocycles. The quantitative estimate of drug-likeness (QED) is 0.0222. The van der Waals surface area contributed by atoms with E-state index in [0.717, 1.165) is 96.3 Å². The highest BCUT2D eigenvalue weighted by atomic mass is 31.2. The Morgan fingerprint density at radius 1 is 0.276 bits per heavy atom. The molecule has 0 fully saturated rings. The molecule has 0 aliphatic rings. The van der Waals surface area contributed by atoms with Gasteiger partial charge in [0.2, 0.25) is 0 Å². The average Bonchev–Trinajstić information content (AvgIpc) is 3.71. The molecule has 5 atom stereocenters. The maximum absolute atomic E-state index is 13.0. The van der Waals surface area contributed by atoms with E-state index in [1.54, 1.807) is 0 Å². The lowest BCUT2D eigenvalue weighted by molar-refractivity contribution is -0.161. The van der Waals surface area contributed by atoms with Gasteiger partial charge in [0, 0.05) is 25.7 Å². The van der Waals surface area contributed by atoms with Gasteiger partial charge in [-0.05, 0) is 25.7 Å². The Morgan fingerprint density at radius 2 is 0.460 bits per heavy atom. The molecule has 3 N–H and O–H groups in total. The maximum Gasteiger partial charge on any atom is 0.472 e. The van der Waals surface area contributed by atoms with Gasteiger partial charge in [-0.3, -0.25) is 37.3 Å². The zero-order valence-corrected chi connectivity index (χ0v) is 57.8. The first-order valence-electron chi connectivity index (χ1n) is 35.8. The number of hydrogen-bond donors (Lipinski definition) is 3. The van der Waals surface area contributed by atoms with Crippen molar-refractivity contribution in [3.63, 3.8) is 0 Å². The summed E-state index contributed by atoms with van der Waals surface area (Å²) in [6.07, 6.45) is 50.3. The van der Waals surface area contributed by atoms with Gasteiger partial charge in [0.05, 0.1) is 26.4 Å². The molecule has 0 aliphatic heterocycles. The average molecular weight is 1280 g/mol. The van der Waals surface area contributed by atoms with Crippen molar-refractivity contribution in [2.45, 2.75) is 373 Å². The molecule has 87 heavy (non-hydrogen) atoms. The Balaban J connectivity index is 5.12. The van der Waals surface area contributed by atoms with Gasteiger partial charge >= 0.3 is 39.5 Å². The van der Waals surface area contributed by atoms with Crippen LogP contribution in [0, 0.1) is 0 Å². The molecule has 0 saturated heterocycles. The molecule has 516 valence electrons. The summed E-state index contributed by atoms with van der Waals surface area (Å²) in [6, 6.07) is 0. The van der Waals surface area contributed by atoms with Crippen molar-refractivity contribution < 1.29 is 80.2 Å². The van der Waals surface area contributed by atoms with Gasteiger partial charge in [-0.15, -0.1) is 0 Å². The highest BCUT2D eigenvalue weighted by Gasteiger charge is 2.30. The first kappa shape index (κ1) is 85.1. The highest BCUT2D eigenvalue weighted by molar-refractivity contribution is 7.47. The Kier molecular flexibility index (Phi) is 61.4. The molecule has 0 spiro atoms. The third-order valence-corrected chi connectivity index (χ3v) is 17.8. The predicted octanol–water partition coefficient (Wildman–Crippen LogP) is 19.5. The minimum Gasteiger partial charge on any atom is -0.462 e. The number of rotatable bonds is 69. The van der Waals surface area contributed by atoms with Crippen molar-refractivity contribution in [3.05, 3.63) is 0 Å². The first-order valence-corrected chi connectivity index (χ1v) is 38.8. The van der Waals surface area contributed by atoms with Crippen LogP contribution >= 0.6 is 15.6 Å². The number of carbonyl (C=O) groups excluding carboxylic acids is 4. The van der Waals surface area contributed by atoms with Crippen molar-refractivity contribution in [2.24, 2.45) is 0 Å². The zero-order valence-electron chi connectivity index (χ0n) is 56.0. The van der Waals surface area contributed by atoms with E-state index in [9.17, 15) is 43.2 Å². The van der Waals surface area contributed by atoms with Gasteiger partial charge < -0.3 is 33.8 Å². The van der Waals surface area contributed by atoms with E-state index in [0.29, 0.717) is 25.7 Å². The third-order valence-electron chi connectivity index (χ3n) is 15.9. The zero-order chi connectivity index (χ0) is 64.0. The minimum absolute atomic E-state index is 0.106. The first-order chi connectivity index (χ1) is 42.2. The van der Waals surface area contributed by atoms with E-state index >= 15 is 0 Å². The molecule has 17 nitrogen and oxygen atoms in total. The van der Waals surface area contributed by atoms with E-state index in [1.165, 1.54) is 180 Å². The lowest BCUT2D eigenvalue weighted by atomic mass is 10.0. The number of phosphoric acid groups is 2. The van der Waals surface area contributed by atoms with Crippen LogP contribution in [0.3, 0.4) is 0 Å². The van der Waals surface area contributed by atoms with Gasteiger partial charge in [-0.25, -0.2) is 9.13 Å². The maximum atomic E-state index is 13.0. The largest absolute Gasteiger partial charge is 0.472 e. The van der Waals surface area contributed by atoms with Crippen LogP contribution in [-0.2, 0) is 65.4 Å². The summed E-state index contributed by atoms with van der Waals surface area (Å²) in [4.78, 5) is 72.1. The number of esters is 4. The number of carbonyl (C=O) groups is 4. The highest BCUT2D eigenvalue weighted by Crippen LogP contribution is 2.45. The van der Waals surface area contributed by atoms with Gasteiger partial charge in [0.15, 0.2) is 12.2 Å². The fourth-order valence-electron chi connectivity index (χ4n) is 10.3. The number of aliphatic hydroxyl groups excluding tert-OH is 1. The summed E-state index contributed by atoms with van der Waals surface area (Å²) in [5, 5.41) is 10.5. The van der Waals surface area contributed by atoms with Crippen LogP contribution in [0.15, 0.2) is 0 Å². The molecule has 0 aromatic heterocycles. The molecule has 0 radical (unpaired) electrons. The fraction of sp³-hybridized carbons (Fsp3) is 0.941. The molecular formula is C68H132O17P2. The Hall–Kier alpha value is -1.94. The SMILES string of the molecule is CCCCCCCCCCCCCCCCCCCCCC(=O)O[C@H](COC(=O)CCCCCCCCCCCCCC)COP(=O)(O)OC[C@@H](O)COP(=O)(O)OC[C@@H](COC(=O)CCCCCCC)OC(=O)CCCCCCCCCCCCC. The van der Waals surface area contributed by atoms with Crippen LogP contribution in [0.1, 0.15) is 355 Å². The van der Waals surface area contributed by atoms with Crippen molar-refractivity contribution in [2.75, 3.05) is 39.6 Å². The summed E-state index contributed by atoms with van der Waals surface area (Å²) in [5.74, 6) is -2.13. The second kappa shape index (κ2) is 62.8. The molecule has 0 bridgehead atoms. The molecule has 0 amide bonds. The number of hydrogen-bond acceptors (Lipinski definition) is 15. The number of phosphoric ester groups is 2. The Labute approximate surface area is 530 Å². The molecule has 0 rings (SSSR count). The summed E-state index contributed by atoms with van der Waals surface area (Å²) in [5.41, 5.74) is 0. The van der Waals surface area contributed by atoms with Gasteiger partial charge in [0.1, 0.15) is 19.3 Å². The number of ether oxygens (including phenoxy) is 4. The standard InChI is InChI=1S/C68H132O17P2/c1-5-9-13-17-20-23-26-28-29-30-31-32-33-34-37-40-43-47-51-55-68(73)85-64(59-79-66(71)53-49-45-41-38-36-27-24-21-18-14-10-6-2)61-83-87(76,77)81-57-62(69)56-80-86(74,75)82-60-63(58-78-65(70)52-48-44-16-12-8-4)84-67(72)54-50-46-42-39-35-25-22-19-15-11-7-3/h62-64,69H,5-61H2,1-4H3,(H,74,75)(H,76,77)/t62-,63+,64+/m0/s1. The summed E-state index contributed by atoms with van der Waals surface area (Å²) < 4.78 is 68.0. The normalized spacial score (nSPS) is 14.1. The van der Waals surface area contributed by atoms with Crippen LogP contribution in [0.4, 0.5) is 0 Å². The van der Waals surface area contributed by atoms with Crippen molar-refractivity contribution >= 4 is 39.5 Å². The third kappa shape index (κ3) is 62.6. The van der Waals surface area contributed by atoms with Gasteiger partial charge in [0.25, 0.3) is 0 Å². The molecule has 19 heteroatoms. The van der Waals surface area contributed by atoms with E-state index in [-0.39, 0.29) is 25.7 Å². The lowest BCUT2D eigenvalue weighted by Crippen LogP contribution is -2.30. The van der Waals surface area contributed by atoms with E-state index in [2.05, 4.69) is 27.7 Å². The van der Waals surface area contributed by atoms with Crippen LogP contribution in [0.25, 0.3) is 0 Å². The molecule has 0 aliphatic carbocycles. The minimum atomic E-state index is -4.95. The second-order valence-corrected chi connectivity index (χ2v) is 27.5. The second-order valence-electron chi connectivity index (χ2n) is 24.6. The van der Waals surface area contributed by atoms with Crippen LogP contribution < -0.4 is 0 Å². The lowest BCUT2D eigenvalue weighted by Gasteiger charge is -2.21. The van der Waals surface area contributed by atoms with Crippen molar-refractivity contribution in [1.29, 1.82) is 0 Å². The summed E-state index contributed by atoms with van der Waals surface area (Å²) in [6.45, 7) is 4.84.